The second kappa shape index (κ2) is 9.21. The lowest BCUT2D eigenvalue weighted by molar-refractivity contribution is -0.123. The van der Waals surface area contributed by atoms with Gasteiger partial charge in [0.1, 0.15) is 30.0 Å². The quantitative estimate of drug-likeness (QED) is 0.428. The molecule has 4 rings (SSSR count). The summed E-state index contributed by atoms with van der Waals surface area (Å²) in [5, 5.41) is 2.59. The summed E-state index contributed by atoms with van der Waals surface area (Å²) in [5.74, 6) is -0.906. The van der Waals surface area contributed by atoms with Crippen LogP contribution in [0.3, 0.4) is 0 Å². The zero-order valence-corrected chi connectivity index (χ0v) is 16.9. The van der Waals surface area contributed by atoms with Crippen molar-refractivity contribution in [2.24, 2.45) is 0 Å². The molecule has 2 N–H and O–H groups in total. The maximum absolute atomic E-state index is 13.0. The Morgan fingerprint density at radius 1 is 1.12 bits per heavy atom. The molecule has 0 bridgehead atoms. The number of H-pyrrole nitrogens is 1. The fourth-order valence-corrected chi connectivity index (χ4v) is 2.82. The first-order valence-corrected chi connectivity index (χ1v) is 9.63. The molecule has 0 fully saturated rings. The SMILES string of the molecule is C[C@@H](OC(=O)c1cccc(OCc2ccc(F)cc2)c1)C(=O)Nc1ncnc2nc[nH]c12. The number of hydrogen-bond acceptors (Lipinski definition) is 7. The molecule has 2 aromatic carbocycles. The zero-order valence-electron chi connectivity index (χ0n) is 16.9. The monoisotopic (exact) mass is 435 g/mol. The molecule has 9 nitrogen and oxygen atoms in total. The van der Waals surface area contributed by atoms with Gasteiger partial charge in [-0.1, -0.05) is 18.2 Å². The molecule has 0 saturated heterocycles. The van der Waals surface area contributed by atoms with Crippen LogP contribution in [0.25, 0.3) is 11.2 Å². The average Bonchev–Trinajstić information content (AvgIpc) is 3.29. The minimum Gasteiger partial charge on any atom is -0.489 e. The van der Waals surface area contributed by atoms with E-state index >= 15 is 0 Å². The third kappa shape index (κ3) is 4.86. The smallest absolute Gasteiger partial charge is 0.339 e. The molecule has 10 heteroatoms. The van der Waals surface area contributed by atoms with Crippen molar-refractivity contribution in [3.8, 4) is 5.75 Å². The van der Waals surface area contributed by atoms with Gasteiger partial charge in [-0.05, 0) is 42.8 Å². The summed E-state index contributed by atoms with van der Waals surface area (Å²) in [6.07, 6.45) is 1.62. The molecule has 0 unspecified atom stereocenters. The Bertz CT molecular complexity index is 1260. The van der Waals surface area contributed by atoms with Crippen LogP contribution in [0.15, 0.2) is 61.2 Å². The van der Waals surface area contributed by atoms with E-state index in [1.54, 1.807) is 30.3 Å². The van der Waals surface area contributed by atoms with E-state index in [1.807, 2.05) is 0 Å². The van der Waals surface area contributed by atoms with Crippen LogP contribution in [0.1, 0.15) is 22.8 Å². The zero-order chi connectivity index (χ0) is 22.5. The lowest BCUT2D eigenvalue weighted by atomic mass is 10.2. The topological polar surface area (TPSA) is 119 Å². The Labute approximate surface area is 181 Å². The third-order valence-electron chi connectivity index (χ3n) is 4.51. The molecule has 0 aliphatic rings. The fourth-order valence-electron chi connectivity index (χ4n) is 2.82. The van der Waals surface area contributed by atoms with Crippen molar-refractivity contribution in [2.45, 2.75) is 19.6 Å². The summed E-state index contributed by atoms with van der Waals surface area (Å²) < 4.78 is 23.9. The maximum atomic E-state index is 13.0. The number of rotatable bonds is 7. The summed E-state index contributed by atoms with van der Waals surface area (Å²) in [4.78, 5) is 39.8. The number of hydrogen-bond donors (Lipinski definition) is 2. The number of carbonyl (C=O) groups is 2. The molecular formula is C22H18FN5O4. The molecule has 0 saturated carbocycles. The van der Waals surface area contributed by atoms with Crippen LogP contribution < -0.4 is 10.1 Å². The van der Waals surface area contributed by atoms with Crippen molar-refractivity contribution in [1.82, 2.24) is 19.9 Å². The minimum atomic E-state index is -1.08. The highest BCUT2D eigenvalue weighted by Gasteiger charge is 2.21. The Morgan fingerprint density at radius 3 is 2.75 bits per heavy atom. The molecule has 0 spiro atoms. The molecule has 2 aromatic heterocycles. The number of aromatic nitrogens is 4. The van der Waals surface area contributed by atoms with Crippen molar-refractivity contribution in [3.63, 3.8) is 0 Å². The highest BCUT2D eigenvalue weighted by Crippen LogP contribution is 2.18. The number of carbonyl (C=O) groups excluding carboxylic acids is 2. The number of ether oxygens (including phenoxy) is 2. The molecule has 0 aliphatic heterocycles. The number of aromatic amines is 1. The Hall–Kier alpha value is -4.34. The van der Waals surface area contributed by atoms with Crippen LogP contribution in [-0.4, -0.2) is 37.9 Å². The molecule has 162 valence electrons. The number of imidazole rings is 1. The van der Waals surface area contributed by atoms with E-state index in [1.165, 1.54) is 37.8 Å². The number of fused-ring (bicyclic) bond motifs is 1. The van der Waals surface area contributed by atoms with Crippen molar-refractivity contribution in [3.05, 3.63) is 78.1 Å². The number of benzene rings is 2. The Morgan fingerprint density at radius 2 is 1.94 bits per heavy atom. The van der Waals surface area contributed by atoms with Crippen LogP contribution in [0.2, 0.25) is 0 Å². The second-order valence-corrected chi connectivity index (χ2v) is 6.80. The molecule has 4 aromatic rings. The maximum Gasteiger partial charge on any atom is 0.339 e. The van der Waals surface area contributed by atoms with Crippen LogP contribution in [0.5, 0.6) is 5.75 Å². The first kappa shape index (κ1) is 20.9. The van der Waals surface area contributed by atoms with E-state index in [0.29, 0.717) is 16.9 Å². The van der Waals surface area contributed by atoms with Crippen LogP contribution in [-0.2, 0) is 16.1 Å². The summed E-state index contributed by atoms with van der Waals surface area (Å²) in [6, 6.07) is 12.3. The Balaban J connectivity index is 1.36. The van der Waals surface area contributed by atoms with E-state index in [2.05, 4.69) is 25.3 Å². The average molecular weight is 435 g/mol. The van der Waals surface area contributed by atoms with E-state index in [0.717, 1.165) is 5.56 Å². The van der Waals surface area contributed by atoms with Gasteiger partial charge in [0.25, 0.3) is 5.91 Å². The third-order valence-corrected chi connectivity index (χ3v) is 4.51. The number of nitrogens with one attached hydrogen (secondary N) is 2. The van der Waals surface area contributed by atoms with E-state index in [-0.39, 0.29) is 23.8 Å². The molecule has 32 heavy (non-hydrogen) atoms. The molecule has 0 aliphatic carbocycles. The van der Waals surface area contributed by atoms with Crippen LogP contribution in [0.4, 0.5) is 10.2 Å². The van der Waals surface area contributed by atoms with Gasteiger partial charge in [-0.15, -0.1) is 0 Å². The molecular weight excluding hydrogens is 417 g/mol. The molecule has 2 heterocycles. The van der Waals surface area contributed by atoms with Gasteiger partial charge in [0.15, 0.2) is 17.6 Å². The number of halogens is 1. The molecule has 0 radical (unpaired) electrons. The fraction of sp³-hybridized carbons (Fsp3) is 0.136. The van der Waals surface area contributed by atoms with E-state index in [9.17, 15) is 14.0 Å². The number of amides is 1. The normalized spacial score (nSPS) is 11.7. The summed E-state index contributed by atoms with van der Waals surface area (Å²) >= 11 is 0. The van der Waals surface area contributed by atoms with E-state index < -0.39 is 18.0 Å². The molecule has 1 amide bonds. The number of esters is 1. The van der Waals surface area contributed by atoms with Gasteiger partial charge in [-0.25, -0.2) is 24.1 Å². The van der Waals surface area contributed by atoms with Crippen LogP contribution in [0, 0.1) is 5.82 Å². The Kier molecular flexibility index (Phi) is 6.02. The number of nitrogens with zero attached hydrogens (tertiary/aromatic N) is 3. The number of anilines is 1. The summed E-state index contributed by atoms with van der Waals surface area (Å²) in [7, 11) is 0. The van der Waals surface area contributed by atoms with Gasteiger partial charge in [-0.2, -0.15) is 0 Å². The van der Waals surface area contributed by atoms with Gasteiger partial charge in [0.2, 0.25) is 0 Å². The van der Waals surface area contributed by atoms with Crippen molar-refractivity contribution < 1.29 is 23.5 Å². The van der Waals surface area contributed by atoms with Gasteiger partial charge in [0.05, 0.1) is 11.9 Å². The van der Waals surface area contributed by atoms with Gasteiger partial charge >= 0.3 is 5.97 Å². The first-order valence-electron chi connectivity index (χ1n) is 9.63. The predicted molar refractivity (Wildman–Crippen MR) is 112 cm³/mol. The lowest BCUT2D eigenvalue weighted by Gasteiger charge is -2.14. The highest BCUT2D eigenvalue weighted by molar-refractivity contribution is 6.00. The van der Waals surface area contributed by atoms with Gasteiger partial charge in [-0.3, -0.25) is 4.79 Å². The largest absolute Gasteiger partial charge is 0.489 e. The standard InChI is InChI=1S/C22H18FN5O4/c1-13(21(29)28-20-18-19(25-11-24-18)26-12-27-20)32-22(30)15-3-2-4-17(9-15)31-10-14-5-7-16(23)8-6-14/h2-9,11-13H,10H2,1H3,(H2,24,25,26,27,28,29)/t13-/m1/s1. The van der Waals surface area contributed by atoms with E-state index in [4.69, 9.17) is 9.47 Å². The summed E-state index contributed by atoms with van der Waals surface area (Å²) in [5.41, 5.74) is 1.86. The lowest BCUT2D eigenvalue weighted by Crippen LogP contribution is -2.30. The first-order chi connectivity index (χ1) is 15.5. The summed E-state index contributed by atoms with van der Waals surface area (Å²) in [6.45, 7) is 1.66. The van der Waals surface area contributed by atoms with Gasteiger partial charge < -0.3 is 19.8 Å². The van der Waals surface area contributed by atoms with Gasteiger partial charge in [0, 0.05) is 0 Å². The highest BCUT2D eigenvalue weighted by atomic mass is 19.1. The van der Waals surface area contributed by atoms with Crippen molar-refractivity contribution >= 4 is 28.9 Å². The van der Waals surface area contributed by atoms with Crippen molar-refractivity contribution in [2.75, 3.05) is 5.32 Å². The minimum absolute atomic E-state index is 0.207. The molecule has 1 atom stereocenters. The predicted octanol–water partition coefficient (Wildman–Crippen LogP) is 3.25. The second-order valence-electron chi connectivity index (χ2n) is 6.80. The van der Waals surface area contributed by atoms with Crippen molar-refractivity contribution in [1.29, 1.82) is 0 Å². The van der Waals surface area contributed by atoms with Crippen LogP contribution >= 0.6 is 0 Å².